The molecule has 1 aliphatic heterocycles. The predicted octanol–water partition coefficient (Wildman–Crippen LogP) is 4.06. The summed E-state index contributed by atoms with van der Waals surface area (Å²) in [5.74, 6) is -3.08. The number of halogens is 2. The fraction of sp³-hybridized carbons (Fsp3) is 0.304. The van der Waals surface area contributed by atoms with Gasteiger partial charge < -0.3 is 4.74 Å². The van der Waals surface area contributed by atoms with E-state index < -0.39 is 35.1 Å². The maximum atomic E-state index is 13.1. The average Bonchev–Trinajstić information content (AvgIpc) is 3.06. The Morgan fingerprint density at radius 1 is 0.971 bits per heavy atom. The Morgan fingerprint density at radius 2 is 1.53 bits per heavy atom. The summed E-state index contributed by atoms with van der Waals surface area (Å²) in [4.78, 5) is 62.7. The maximum Gasteiger partial charge on any atom is 0.340 e. The third-order valence-electron chi connectivity index (χ3n) is 6.01. The van der Waals surface area contributed by atoms with Crippen molar-refractivity contribution in [1.29, 1.82) is 0 Å². The van der Waals surface area contributed by atoms with Gasteiger partial charge in [-0.15, -0.1) is 0 Å². The molecule has 1 saturated carbocycles. The minimum Gasteiger partial charge on any atom is -0.454 e. The topological polar surface area (TPSA) is 124 Å². The molecule has 0 bridgehead atoms. The molecular weight excluding hydrogens is 576 g/mol. The van der Waals surface area contributed by atoms with Crippen LogP contribution in [0.1, 0.15) is 33.6 Å². The van der Waals surface area contributed by atoms with Crippen molar-refractivity contribution in [1.82, 2.24) is 0 Å². The molecule has 4 rings (SSSR count). The van der Waals surface area contributed by atoms with Crippen LogP contribution in [-0.4, -0.2) is 44.8 Å². The minimum absolute atomic E-state index is 0.00914. The lowest BCUT2D eigenvalue weighted by Crippen LogP contribution is -2.34. The summed E-state index contributed by atoms with van der Waals surface area (Å²) in [5.41, 5.74) is 0.0943. The highest BCUT2D eigenvalue weighted by Crippen LogP contribution is 2.44. The van der Waals surface area contributed by atoms with Gasteiger partial charge in [0.05, 0.1) is 28.0 Å². The molecule has 0 spiro atoms. The van der Waals surface area contributed by atoms with E-state index in [0.29, 0.717) is 12.8 Å². The Hall–Kier alpha value is -2.92. The van der Waals surface area contributed by atoms with E-state index in [0.717, 1.165) is 4.90 Å². The SMILES string of the molecule is O=C(COC(=O)c1ccccc1N1C(=O)[C@H]2C[C@H](Br)[C@@H](Br)C[C@H]2C1=O)c1ccc([N+](=O)[O-])cc1. The number of rotatable bonds is 6. The van der Waals surface area contributed by atoms with Gasteiger partial charge in [0.15, 0.2) is 12.4 Å². The van der Waals surface area contributed by atoms with Crippen LogP contribution in [0.3, 0.4) is 0 Å². The van der Waals surface area contributed by atoms with Crippen molar-refractivity contribution in [3.8, 4) is 0 Å². The number of para-hydroxylation sites is 1. The number of benzene rings is 2. The zero-order chi connectivity index (χ0) is 24.6. The number of amides is 2. The largest absolute Gasteiger partial charge is 0.454 e. The normalized spacial score (nSPS) is 24.0. The summed E-state index contributed by atoms with van der Waals surface area (Å²) in [6.45, 7) is -0.603. The number of ketones is 1. The number of hydrogen-bond acceptors (Lipinski definition) is 7. The Kier molecular flexibility index (Phi) is 6.94. The number of fused-ring (bicyclic) bond motifs is 1. The van der Waals surface area contributed by atoms with Gasteiger partial charge in [0.1, 0.15) is 0 Å². The maximum absolute atomic E-state index is 13.1. The van der Waals surface area contributed by atoms with Crippen molar-refractivity contribution in [2.24, 2.45) is 11.8 Å². The summed E-state index contributed by atoms with van der Waals surface area (Å²) in [6, 6.07) is 11.0. The highest BCUT2D eigenvalue weighted by molar-refractivity contribution is 9.12. The van der Waals surface area contributed by atoms with Crippen LogP contribution in [0.25, 0.3) is 0 Å². The van der Waals surface area contributed by atoms with Crippen LogP contribution >= 0.6 is 31.9 Å². The predicted molar refractivity (Wildman–Crippen MR) is 128 cm³/mol. The van der Waals surface area contributed by atoms with Crippen molar-refractivity contribution < 1.29 is 28.8 Å². The molecule has 2 fully saturated rings. The number of Topliss-reactive ketones (excluding diaryl/α,β-unsaturated/α-hetero) is 1. The van der Waals surface area contributed by atoms with Gasteiger partial charge in [-0.2, -0.15) is 0 Å². The number of carbonyl (C=O) groups excluding carboxylic acids is 4. The molecule has 2 aromatic rings. The quantitative estimate of drug-likeness (QED) is 0.123. The lowest BCUT2D eigenvalue weighted by molar-refractivity contribution is -0.384. The Balaban J connectivity index is 1.50. The van der Waals surface area contributed by atoms with Crippen molar-refractivity contribution in [3.63, 3.8) is 0 Å². The molecule has 1 heterocycles. The third-order valence-corrected chi connectivity index (χ3v) is 8.74. The lowest BCUT2D eigenvalue weighted by atomic mass is 9.81. The molecule has 4 atom stereocenters. The van der Waals surface area contributed by atoms with E-state index >= 15 is 0 Å². The molecule has 2 aromatic carbocycles. The fourth-order valence-corrected chi connectivity index (χ4v) is 5.47. The smallest absolute Gasteiger partial charge is 0.340 e. The van der Waals surface area contributed by atoms with Crippen LogP contribution in [0.2, 0.25) is 0 Å². The van der Waals surface area contributed by atoms with E-state index in [-0.39, 0.29) is 44.0 Å². The monoisotopic (exact) mass is 592 g/mol. The first-order valence-electron chi connectivity index (χ1n) is 10.4. The van der Waals surface area contributed by atoms with Crippen LogP contribution in [0.4, 0.5) is 11.4 Å². The van der Waals surface area contributed by atoms with Gasteiger partial charge in [-0.25, -0.2) is 9.69 Å². The van der Waals surface area contributed by atoms with Gasteiger partial charge in [-0.3, -0.25) is 24.5 Å². The molecule has 34 heavy (non-hydrogen) atoms. The van der Waals surface area contributed by atoms with Gasteiger partial charge >= 0.3 is 5.97 Å². The highest BCUT2D eigenvalue weighted by Gasteiger charge is 2.52. The number of alkyl halides is 2. The van der Waals surface area contributed by atoms with Crippen LogP contribution in [0.15, 0.2) is 48.5 Å². The first kappa shape index (κ1) is 24.2. The van der Waals surface area contributed by atoms with Gasteiger partial charge in [0.25, 0.3) is 5.69 Å². The zero-order valence-electron chi connectivity index (χ0n) is 17.6. The Labute approximate surface area is 210 Å². The summed E-state index contributed by atoms with van der Waals surface area (Å²) in [6.07, 6.45) is 0.996. The van der Waals surface area contributed by atoms with E-state index in [1.54, 1.807) is 12.1 Å². The van der Waals surface area contributed by atoms with Gasteiger partial charge in [-0.05, 0) is 37.1 Å². The molecule has 9 nitrogen and oxygen atoms in total. The minimum atomic E-state index is -0.863. The summed E-state index contributed by atoms with van der Waals surface area (Å²) in [7, 11) is 0. The van der Waals surface area contributed by atoms with E-state index in [2.05, 4.69) is 31.9 Å². The fourth-order valence-electron chi connectivity index (χ4n) is 4.24. The van der Waals surface area contributed by atoms with Crippen LogP contribution in [0, 0.1) is 22.0 Å². The molecule has 0 aromatic heterocycles. The molecule has 1 aliphatic carbocycles. The summed E-state index contributed by atoms with van der Waals surface area (Å²) < 4.78 is 5.16. The molecule has 0 unspecified atom stereocenters. The highest BCUT2D eigenvalue weighted by atomic mass is 79.9. The standard InChI is InChI=1S/C23H18Br2N2O7/c24-17-9-15-16(10-18(17)25)22(30)26(21(15)29)19-4-2-1-3-14(19)23(31)34-11-20(28)12-5-7-13(8-6-12)27(32)33/h1-8,15-18H,9-11H2/t15-,16+,17-,18-/m0/s1. The first-order valence-corrected chi connectivity index (χ1v) is 12.2. The number of imide groups is 1. The van der Waals surface area contributed by atoms with Crippen LogP contribution < -0.4 is 4.90 Å². The van der Waals surface area contributed by atoms with Crippen LogP contribution in [0.5, 0.6) is 0 Å². The van der Waals surface area contributed by atoms with E-state index in [4.69, 9.17) is 4.74 Å². The molecule has 1 saturated heterocycles. The second kappa shape index (κ2) is 9.75. The lowest BCUT2D eigenvalue weighted by Gasteiger charge is -2.29. The van der Waals surface area contributed by atoms with Gasteiger partial charge in [-0.1, -0.05) is 44.0 Å². The molecule has 2 aliphatic rings. The average molecular weight is 594 g/mol. The van der Waals surface area contributed by atoms with E-state index in [1.165, 1.54) is 36.4 Å². The van der Waals surface area contributed by atoms with Crippen molar-refractivity contribution in [2.45, 2.75) is 22.5 Å². The number of anilines is 1. The second-order valence-corrected chi connectivity index (χ2v) is 10.4. The third kappa shape index (κ3) is 4.54. The van der Waals surface area contributed by atoms with Gasteiger partial charge in [0.2, 0.25) is 11.8 Å². The van der Waals surface area contributed by atoms with Crippen molar-refractivity contribution in [3.05, 3.63) is 69.8 Å². The molecule has 2 amide bonds. The van der Waals surface area contributed by atoms with Crippen molar-refractivity contribution in [2.75, 3.05) is 11.5 Å². The number of esters is 1. The zero-order valence-corrected chi connectivity index (χ0v) is 20.7. The van der Waals surface area contributed by atoms with Crippen molar-refractivity contribution >= 4 is 66.8 Å². The number of ether oxygens (including phenoxy) is 1. The number of nitrogens with zero attached hydrogens (tertiary/aromatic N) is 2. The van der Waals surface area contributed by atoms with Crippen LogP contribution in [-0.2, 0) is 14.3 Å². The molecule has 176 valence electrons. The van der Waals surface area contributed by atoms with Gasteiger partial charge in [0, 0.05) is 27.4 Å². The molecule has 0 N–H and O–H groups in total. The summed E-state index contributed by atoms with van der Waals surface area (Å²) >= 11 is 7.09. The molecule has 0 radical (unpaired) electrons. The Morgan fingerprint density at radius 3 is 2.09 bits per heavy atom. The number of non-ortho nitro benzene ring substituents is 1. The first-order chi connectivity index (χ1) is 16.2. The Bertz CT molecular complexity index is 1160. The number of nitro groups is 1. The summed E-state index contributed by atoms with van der Waals surface area (Å²) in [5, 5.41) is 10.8. The molecule has 11 heteroatoms. The van der Waals surface area contributed by atoms with E-state index in [1.807, 2.05) is 0 Å². The second-order valence-electron chi connectivity index (χ2n) is 8.05. The number of carbonyl (C=O) groups is 4. The number of hydrogen-bond donors (Lipinski definition) is 0. The number of nitro benzene ring substituents is 1. The van der Waals surface area contributed by atoms with E-state index in [9.17, 15) is 29.3 Å². The molecular formula is C23H18Br2N2O7.